The first-order valence-corrected chi connectivity index (χ1v) is 14.3. The zero-order chi connectivity index (χ0) is 32.3. The molecule has 4 rings (SSSR count). The quantitative estimate of drug-likeness (QED) is 0.111. The van der Waals surface area contributed by atoms with Gasteiger partial charge in [0.2, 0.25) is 6.29 Å². The third-order valence-electron chi connectivity index (χ3n) is 8.75. The van der Waals surface area contributed by atoms with Gasteiger partial charge in [0.25, 0.3) is 0 Å². The van der Waals surface area contributed by atoms with E-state index in [2.05, 4.69) is 6.58 Å². The summed E-state index contributed by atoms with van der Waals surface area (Å²) in [6.07, 6.45) is -6.81. The number of carbonyl (C=O) groups excluding carboxylic acids is 3. The number of methoxy groups -OCH3 is 1. The average molecular weight is 629 g/mol. The van der Waals surface area contributed by atoms with Crippen molar-refractivity contribution in [1.82, 2.24) is 0 Å². The summed E-state index contributed by atoms with van der Waals surface area (Å²) in [7, 11) is 1.23. The number of esters is 3. The molecule has 44 heavy (non-hydrogen) atoms. The molecule has 15 heteroatoms. The van der Waals surface area contributed by atoms with E-state index in [1.54, 1.807) is 6.92 Å². The van der Waals surface area contributed by atoms with Crippen molar-refractivity contribution in [3.8, 4) is 0 Å². The van der Waals surface area contributed by atoms with Crippen LogP contribution in [-0.4, -0.2) is 113 Å². The van der Waals surface area contributed by atoms with Gasteiger partial charge in [-0.1, -0.05) is 13.0 Å². The van der Waals surface area contributed by atoms with E-state index in [0.717, 1.165) is 6.26 Å². The maximum Gasteiger partial charge on any atom is 0.337 e. The number of aliphatic hydroxyl groups excluding tert-OH is 5. The Morgan fingerprint density at radius 1 is 1.02 bits per heavy atom. The monoisotopic (exact) mass is 628 g/mol. The topological polar surface area (TPSA) is 217 Å². The summed E-state index contributed by atoms with van der Waals surface area (Å²) < 4.78 is 38.1. The van der Waals surface area contributed by atoms with Gasteiger partial charge in [-0.2, -0.15) is 0 Å². The lowest BCUT2D eigenvalue weighted by Gasteiger charge is -2.43. The number of aliphatic hydroxyl groups is 5. The Balaban J connectivity index is 1.54. The number of hydrogen-bond donors (Lipinski definition) is 5. The van der Waals surface area contributed by atoms with Gasteiger partial charge in [0.15, 0.2) is 12.6 Å². The molecule has 0 aromatic rings. The third-order valence-corrected chi connectivity index (χ3v) is 8.75. The first-order chi connectivity index (χ1) is 20.9. The lowest BCUT2D eigenvalue weighted by molar-refractivity contribution is -0.339. The minimum Gasteiger partial charge on any atom is -0.472 e. The zero-order valence-electron chi connectivity index (χ0n) is 24.6. The molecule has 15 nitrogen and oxygen atoms in total. The number of ether oxygens (including phenoxy) is 7. The minimum atomic E-state index is -1.70. The van der Waals surface area contributed by atoms with E-state index in [4.69, 9.17) is 33.2 Å². The molecule has 0 radical (unpaired) electrons. The van der Waals surface area contributed by atoms with Crippen LogP contribution < -0.4 is 0 Å². The lowest BCUT2D eigenvalue weighted by atomic mass is 9.81. The van der Waals surface area contributed by atoms with Gasteiger partial charge in [0, 0.05) is 36.5 Å². The fourth-order valence-electron chi connectivity index (χ4n) is 6.33. The van der Waals surface area contributed by atoms with Crippen molar-refractivity contribution in [3.05, 3.63) is 36.3 Å². The van der Waals surface area contributed by atoms with Crippen LogP contribution in [0, 0.1) is 29.6 Å². The zero-order valence-corrected chi connectivity index (χ0v) is 24.6. The molecule has 3 heterocycles. The summed E-state index contributed by atoms with van der Waals surface area (Å²) in [6.45, 7) is 6.09. The molecule has 2 fully saturated rings. The molecule has 1 saturated heterocycles. The highest BCUT2D eigenvalue weighted by molar-refractivity contribution is 5.90. The number of carbonyl (C=O) groups is 3. The fourth-order valence-corrected chi connectivity index (χ4v) is 6.33. The summed E-state index contributed by atoms with van der Waals surface area (Å²) in [5.41, 5.74) is 0.297. The van der Waals surface area contributed by atoms with Crippen LogP contribution in [0.4, 0.5) is 0 Å². The van der Waals surface area contributed by atoms with Gasteiger partial charge in [-0.05, 0) is 12.8 Å². The van der Waals surface area contributed by atoms with Gasteiger partial charge in [0.05, 0.1) is 44.0 Å². The molecule has 0 bridgehead atoms. The molecule has 13 unspecified atom stereocenters. The van der Waals surface area contributed by atoms with E-state index in [0.29, 0.717) is 0 Å². The van der Waals surface area contributed by atoms with Gasteiger partial charge in [-0.25, -0.2) is 9.59 Å². The van der Waals surface area contributed by atoms with E-state index < -0.39 is 103 Å². The normalized spacial score (nSPS) is 39.9. The molecule has 1 saturated carbocycles. The molecule has 4 aliphatic rings. The van der Waals surface area contributed by atoms with E-state index in [1.165, 1.54) is 26.4 Å². The van der Waals surface area contributed by atoms with E-state index in [9.17, 15) is 39.9 Å². The highest BCUT2D eigenvalue weighted by Gasteiger charge is 2.53. The highest BCUT2D eigenvalue weighted by atomic mass is 16.8. The molecule has 1 aliphatic carbocycles. The van der Waals surface area contributed by atoms with Gasteiger partial charge < -0.3 is 58.7 Å². The van der Waals surface area contributed by atoms with Crippen molar-refractivity contribution >= 4 is 17.9 Å². The van der Waals surface area contributed by atoms with Crippen LogP contribution >= 0.6 is 0 Å². The Morgan fingerprint density at radius 3 is 2.36 bits per heavy atom. The summed E-state index contributed by atoms with van der Waals surface area (Å²) in [6, 6.07) is 0. The van der Waals surface area contributed by atoms with E-state index in [-0.39, 0.29) is 30.6 Å². The van der Waals surface area contributed by atoms with Crippen molar-refractivity contribution in [2.45, 2.75) is 76.1 Å². The minimum absolute atomic E-state index is 0.0679. The standard InChI is InChI=1S/C29H40O15/c1-5-14-15(6-7-39-13(3)31)17(11-41-28(14)44-29-24(34)23(33)22(32)20(9-30)43-29)26(36)42-19-8-16-18(25(35)38-4)10-40-27(37)21(16)12(19)2/h5,10-12,14-16,19-24,27-30,32-34,37H,1,6-9H2,2-4H3. The Bertz CT molecular complexity index is 1130. The van der Waals surface area contributed by atoms with Crippen LogP contribution in [-0.2, 0) is 47.5 Å². The lowest BCUT2D eigenvalue weighted by Crippen LogP contribution is -2.60. The van der Waals surface area contributed by atoms with Gasteiger partial charge in [-0.3, -0.25) is 4.79 Å². The van der Waals surface area contributed by atoms with Crippen LogP contribution in [0.5, 0.6) is 0 Å². The molecule has 3 aliphatic heterocycles. The second-order valence-electron chi connectivity index (χ2n) is 11.3. The van der Waals surface area contributed by atoms with Crippen LogP contribution in [0.3, 0.4) is 0 Å². The van der Waals surface area contributed by atoms with Crippen molar-refractivity contribution < 1.29 is 73.1 Å². The molecule has 0 aromatic heterocycles. The average Bonchev–Trinajstić information content (AvgIpc) is 3.32. The Morgan fingerprint density at radius 2 is 1.73 bits per heavy atom. The van der Waals surface area contributed by atoms with Crippen molar-refractivity contribution in [2.24, 2.45) is 29.6 Å². The molecule has 0 aromatic carbocycles. The molecular formula is C29H40O15. The summed E-state index contributed by atoms with van der Waals surface area (Å²) >= 11 is 0. The fraction of sp³-hybridized carbons (Fsp3) is 0.690. The molecule has 13 atom stereocenters. The van der Waals surface area contributed by atoms with Gasteiger partial charge in [0.1, 0.15) is 30.5 Å². The molecule has 5 N–H and O–H groups in total. The number of hydrogen-bond acceptors (Lipinski definition) is 15. The van der Waals surface area contributed by atoms with Crippen LogP contribution in [0.15, 0.2) is 36.3 Å². The summed E-state index contributed by atoms with van der Waals surface area (Å²) in [5, 5.41) is 50.7. The molecule has 246 valence electrons. The second-order valence-corrected chi connectivity index (χ2v) is 11.3. The maximum absolute atomic E-state index is 13.6. The van der Waals surface area contributed by atoms with Gasteiger partial charge >= 0.3 is 17.9 Å². The summed E-state index contributed by atoms with van der Waals surface area (Å²) in [5.74, 6) is -4.86. The van der Waals surface area contributed by atoms with Crippen LogP contribution in [0.25, 0.3) is 0 Å². The molecule has 0 amide bonds. The van der Waals surface area contributed by atoms with Crippen LogP contribution in [0.1, 0.15) is 26.7 Å². The molecule has 0 spiro atoms. The first kappa shape index (κ1) is 33.8. The largest absolute Gasteiger partial charge is 0.472 e. The summed E-state index contributed by atoms with van der Waals surface area (Å²) in [4.78, 5) is 37.4. The number of fused-ring (bicyclic) bond motifs is 1. The Hall–Kier alpha value is -3.05. The SMILES string of the molecule is C=CC1C(OC2OC(CO)C(O)C(O)C2O)OC=C(C(=O)OC2CC3C(C(=O)OC)=COC(O)C3C2C)C1CCOC(C)=O. The van der Waals surface area contributed by atoms with Crippen LogP contribution in [0.2, 0.25) is 0 Å². The van der Waals surface area contributed by atoms with Crippen molar-refractivity contribution in [1.29, 1.82) is 0 Å². The predicted octanol–water partition coefficient (Wildman–Crippen LogP) is -0.996. The maximum atomic E-state index is 13.6. The van der Waals surface area contributed by atoms with Crippen molar-refractivity contribution in [2.75, 3.05) is 20.3 Å². The highest BCUT2D eigenvalue weighted by Crippen LogP contribution is 2.48. The smallest absolute Gasteiger partial charge is 0.337 e. The molecular weight excluding hydrogens is 588 g/mol. The van der Waals surface area contributed by atoms with Crippen molar-refractivity contribution in [3.63, 3.8) is 0 Å². The third kappa shape index (κ3) is 6.78. The second kappa shape index (κ2) is 14.4. The van der Waals surface area contributed by atoms with E-state index in [1.807, 2.05) is 0 Å². The number of rotatable bonds is 10. The van der Waals surface area contributed by atoms with E-state index >= 15 is 0 Å². The Kier molecular flexibility index (Phi) is 11.0. The predicted molar refractivity (Wildman–Crippen MR) is 144 cm³/mol. The van der Waals surface area contributed by atoms with Gasteiger partial charge in [-0.15, -0.1) is 6.58 Å². The first-order valence-electron chi connectivity index (χ1n) is 14.3. The Labute approximate surface area is 253 Å².